The molecule has 104 valence electrons. The number of aryl methyl sites for hydroxylation is 2. The number of hydrogen-bond donors (Lipinski definition) is 2. The molecule has 1 unspecified atom stereocenters. The van der Waals surface area contributed by atoms with Gasteiger partial charge in [-0.3, -0.25) is 0 Å². The van der Waals surface area contributed by atoms with Gasteiger partial charge in [0.1, 0.15) is 0 Å². The SMILES string of the molecule is CC(NC1CCNCC1)c1ccc2c(c1)CCCC2. The molecule has 2 aliphatic rings. The van der Waals surface area contributed by atoms with Gasteiger partial charge in [-0.15, -0.1) is 0 Å². The van der Waals surface area contributed by atoms with Crippen LogP contribution in [0.5, 0.6) is 0 Å². The lowest BCUT2D eigenvalue weighted by Gasteiger charge is -2.28. The Hall–Kier alpha value is -0.860. The van der Waals surface area contributed by atoms with E-state index >= 15 is 0 Å². The molecular formula is C17H26N2. The van der Waals surface area contributed by atoms with Crippen LogP contribution >= 0.6 is 0 Å². The Labute approximate surface area is 117 Å². The minimum atomic E-state index is 0.482. The number of piperidine rings is 1. The minimum absolute atomic E-state index is 0.482. The van der Waals surface area contributed by atoms with Gasteiger partial charge >= 0.3 is 0 Å². The van der Waals surface area contributed by atoms with E-state index in [1.807, 2.05) is 0 Å². The quantitative estimate of drug-likeness (QED) is 0.871. The van der Waals surface area contributed by atoms with Crippen LogP contribution in [0.4, 0.5) is 0 Å². The molecule has 0 amide bonds. The lowest BCUT2D eigenvalue weighted by Crippen LogP contribution is -2.40. The van der Waals surface area contributed by atoms with Gasteiger partial charge in [0.15, 0.2) is 0 Å². The van der Waals surface area contributed by atoms with E-state index in [9.17, 15) is 0 Å². The van der Waals surface area contributed by atoms with Crippen LogP contribution in [0.25, 0.3) is 0 Å². The van der Waals surface area contributed by atoms with Crippen molar-refractivity contribution in [2.45, 2.75) is 57.5 Å². The second-order valence-electron chi connectivity index (χ2n) is 6.15. The summed E-state index contributed by atoms with van der Waals surface area (Å²) in [6.07, 6.45) is 7.82. The third kappa shape index (κ3) is 3.18. The molecule has 1 heterocycles. The van der Waals surface area contributed by atoms with Gasteiger partial charge in [0.2, 0.25) is 0 Å². The van der Waals surface area contributed by atoms with Gasteiger partial charge in [0.05, 0.1) is 0 Å². The first-order chi connectivity index (χ1) is 9.33. The van der Waals surface area contributed by atoms with Crippen molar-refractivity contribution in [1.82, 2.24) is 10.6 Å². The maximum absolute atomic E-state index is 3.80. The molecule has 1 fully saturated rings. The Bertz CT molecular complexity index is 421. The van der Waals surface area contributed by atoms with Crippen molar-refractivity contribution in [3.63, 3.8) is 0 Å². The maximum atomic E-state index is 3.80. The fourth-order valence-corrected chi connectivity index (χ4v) is 3.46. The number of nitrogens with one attached hydrogen (secondary N) is 2. The van der Waals surface area contributed by atoms with Gasteiger partial charge in [0, 0.05) is 12.1 Å². The Morgan fingerprint density at radius 1 is 1.11 bits per heavy atom. The van der Waals surface area contributed by atoms with E-state index < -0.39 is 0 Å². The number of benzene rings is 1. The topological polar surface area (TPSA) is 24.1 Å². The van der Waals surface area contributed by atoms with Crippen molar-refractivity contribution in [3.8, 4) is 0 Å². The normalized spacial score (nSPS) is 21.9. The zero-order chi connectivity index (χ0) is 13.1. The summed E-state index contributed by atoms with van der Waals surface area (Å²) < 4.78 is 0. The summed E-state index contributed by atoms with van der Waals surface area (Å²) in [6, 6.07) is 8.32. The number of hydrogen-bond acceptors (Lipinski definition) is 2. The molecule has 0 spiro atoms. The van der Waals surface area contributed by atoms with Crippen LogP contribution in [0.3, 0.4) is 0 Å². The van der Waals surface area contributed by atoms with Crippen LogP contribution < -0.4 is 10.6 Å². The predicted octanol–water partition coefficient (Wildman–Crippen LogP) is 2.97. The molecule has 2 nitrogen and oxygen atoms in total. The molecule has 1 atom stereocenters. The molecule has 2 N–H and O–H groups in total. The van der Waals surface area contributed by atoms with Gasteiger partial charge in [-0.1, -0.05) is 18.2 Å². The van der Waals surface area contributed by atoms with Gasteiger partial charge in [-0.2, -0.15) is 0 Å². The molecule has 3 rings (SSSR count). The molecule has 0 radical (unpaired) electrons. The van der Waals surface area contributed by atoms with Crippen molar-refractivity contribution < 1.29 is 0 Å². The Kier molecular flexibility index (Phi) is 4.19. The van der Waals surface area contributed by atoms with Gasteiger partial charge in [0.25, 0.3) is 0 Å². The molecular weight excluding hydrogens is 232 g/mol. The number of rotatable bonds is 3. The van der Waals surface area contributed by atoms with E-state index in [2.05, 4.69) is 35.8 Å². The fourth-order valence-electron chi connectivity index (χ4n) is 3.46. The van der Waals surface area contributed by atoms with Crippen molar-refractivity contribution in [2.75, 3.05) is 13.1 Å². The zero-order valence-corrected chi connectivity index (χ0v) is 12.0. The summed E-state index contributed by atoms with van der Waals surface area (Å²) in [7, 11) is 0. The lowest BCUT2D eigenvalue weighted by molar-refractivity contribution is 0.359. The lowest BCUT2D eigenvalue weighted by atomic mass is 9.89. The second-order valence-corrected chi connectivity index (χ2v) is 6.15. The van der Waals surface area contributed by atoms with Gasteiger partial charge in [-0.05, 0) is 75.2 Å². The zero-order valence-electron chi connectivity index (χ0n) is 12.0. The monoisotopic (exact) mass is 258 g/mol. The molecule has 1 aliphatic carbocycles. The van der Waals surface area contributed by atoms with E-state index in [1.54, 1.807) is 11.1 Å². The summed E-state index contributed by atoms with van der Waals surface area (Å²) in [5.41, 5.74) is 4.66. The summed E-state index contributed by atoms with van der Waals surface area (Å²) in [5, 5.41) is 7.23. The Balaban J connectivity index is 1.67. The van der Waals surface area contributed by atoms with Crippen molar-refractivity contribution in [1.29, 1.82) is 0 Å². The average Bonchev–Trinajstić information content (AvgIpc) is 2.48. The van der Waals surface area contributed by atoms with Crippen molar-refractivity contribution in [2.24, 2.45) is 0 Å². The molecule has 1 aromatic rings. The highest BCUT2D eigenvalue weighted by molar-refractivity contribution is 5.35. The molecule has 1 aliphatic heterocycles. The van der Waals surface area contributed by atoms with Gasteiger partial charge in [-0.25, -0.2) is 0 Å². The predicted molar refractivity (Wildman–Crippen MR) is 80.5 cm³/mol. The smallest absolute Gasteiger partial charge is 0.0294 e. The van der Waals surface area contributed by atoms with E-state index in [4.69, 9.17) is 0 Å². The first-order valence-electron chi connectivity index (χ1n) is 7.91. The van der Waals surface area contributed by atoms with Crippen LogP contribution in [0.1, 0.15) is 55.3 Å². The van der Waals surface area contributed by atoms with E-state index in [0.29, 0.717) is 12.1 Å². The standard InChI is InChI=1S/C17H26N2/c1-13(19-17-8-10-18-11-9-17)15-7-6-14-4-2-3-5-16(14)12-15/h6-7,12-13,17-19H,2-5,8-11H2,1H3. The minimum Gasteiger partial charge on any atom is -0.317 e. The molecule has 0 aromatic heterocycles. The van der Waals surface area contributed by atoms with E-state index in [-0.39, 0.29) is 0 Å². The van der Waals surface area contributed by atoms with Crippen molar-refractivity contribution >= 4 is 0 Å². The van der Waals surface area contributed by atoms with Crippen LogP contribution in [0, 0.1) is 0 Å². The Morgan fingerprint density at radius 3 is 2.63 bits per heavy atom. The van der Waals surface area contributed by atoms with Crippen LogP contribution in [0.2, 0.25) is 0 Å². The van der Waals surface area contributed by atoms with Crippen molar-refractivity contribution in [3.05, 3.63) is 34.9 Å². The second kappa shape index (κ2) is 6.06. The van der Waals surface area contributed by atoms with Crippen LogP contribution in [0.15, 0.2) is 18.2 Å². The molecule has 0 bridgehead atoms. The van der Waals surface area contributed by atoms with Crippen LogP contribution in [-0.4, -0.2) is 19.1 Å². The molecule has 2 heteroatoms. The molecule has 19 heavy (non-hydrogen) atoms. The molecule has 1 aromatic carbocycles. The summed E-state index contributed by atoms with van der Waals surface area (Å²) >= 11 is 0. The first-order valence-corrected chi connectivity index (χ1v) is 7.91. The third-order valence-corrected chi connectivity index (χ3v) is 4.70. The van der Waals surface area contributed by atoms with E-state index in [1.165, 1.54) is 44.1 Å². The van der Waals surface area contributed by atoms with Crippen LogP contribution in [-0.2, 0) is 12.8 Å². The highest BCUT2D eigenvalue weighted by atomic mass is 15.0. The fraction of sp³-hybridized carbons (Fsp3) is 0.647. The molecule has 0 saturated carbocycles. The summed E-state index contributed by atoms with van der Waals surface area (Å²) in [4.78, 5) is 0. The average molecular weight is 258 g/mol. The van der Waals surface area contributed by atoms with Gasteiger partial charge < -0.3 is 10.6 Å². The third-order valence-electron chi connectivity index (χ3n) is 4.70. The summed E-state index contributed by atoms with van der Waals surface area (Å²) in [5.74, 6) is 0. The van der Waals surface area contributed by atoms with E-state index in [0.717, 1.165) is 13.1 Å². The molecule has 1 saturated heterocycles. The number of fused-ring (bicyclic) bond motifs is 1. The first kappa shape index (κ1) is 13.1. The largest absolute Gasteiger partial charge is 0.317 e. The summed E-state index contributed by atoms with van der Waals surface area (Å²) in [6.45, 7) is 4.63. The highest BCUT2D eigenvalue weighted by Gasteiger charge is 2.17. The maximum Gasteiger partial charge on any atom is 0.0294 e. The Morgan fingerprint density at radius 2 is 1.84 bits per heavy atom. The highest BCUT2D eigenvalue weighted by Crippen LogP contribution is 2.25.